The number of ether oxygens (including phenoxy) is 1. The minimum Gasteiger partial charge on any atom is -0.501 e. The normalized spacial score (nSPS) is 38.2. The van der Waals surface area contributed by atoms with E-state index in [-0.39, 0.29) is 0 Å². The molecule has 1 saturated carbocycles. The number of hydrogen-bond donors (Lipinski definition) is 0. The van der Waals surface area contributed by atoms with Crippen molar-refractivity contribution >= 4 is 0 Å². The van der Waals surface area contributed by atoms with E-state index in [1.807, 2.05) is 13.0 Å². The number of rotatable bonds is 3. The van der Waals surface area contributed by atoms with Gasteiger partial charge >= 0.3 is 0 Å². The van der Waals surface area contributed by atoms with E-state index in [9.17, 15) is 0 Å². The summed E-state index contributed by atoms with van der Waals surface area (Å²) in [7, 11) is 0. The first-order valence-electron chi connectivity index (χ1n) is 4.81. The van der Waals surface area contributed by atoms with Crippen LogP contribution in [-0.2, 0) is 4.74 Å². The van der Waals surface area contributed by atoms with E-state index in [2.05, 4.69) is 12.2 Å². The molecule has 2 rings (SSSR count). The standard InChI is InChI=1S/C11H16O/c1-2-5-12-8-11-7-9-3-4-10(11)6-9/h2-5,9-11H,6-8H2,1H3/b5-2-. The van der Waals surface area contributed by atoms with Crippen molar-refractivity contribution in [1.29, 1.82) is 0 Å². The monoisotopic (exact) mass is 164 g/mol. The second kappa shape index (κ2) is 3.34. The maximum Gasteiger partial charge on any atom is 0.0907 e. The van der Waals surface area contributed by atoms with E-state index in [0.29, 0.717) is 0 Å². The van der Waals surface area contributed by atoms with Gasteiger partial charge in [-0.15, -0.1) is 0 Å². The minimum absolute atomic E-state index is 0.788. The van der Waals surface area contributed by atoms with Crippen molar-refractivity contribution < 1.29 is 4.74 Å². The second-order valence-electron chi connectivity index (χ2n) is 3.84. The molecule has 12 heavy (non-hydrogen) atoms. The molecule has 0 saturated heterocycles. The fourth-order valence-corrected chi connectivity index (χ4v) is 2.36. The van der Waals surface area contributed by atoms with Crippen LogP contribution in [0.25, 0.3) is 0 Å². The highest BCUT2D eigenvalue weighted by Gasteiger charge is 2.35. The van der Waals surface area contributed by atoms with Crippen LogP contribution in [0.4, 0.5) is 0 Å². The zero-order chi connectivity index (χ0) is 8.39. The molecule has 2 aliphatic rings. The average molecular weight is 164 g/mol. The summed E-state index contributed by atoms with van der Waals surface area (Å²) in [5.41, 5.74) is 0. The predicted molar refractivity (Wildman–Crippen MR) is 49.6 cm³/mol. The van der Waals surface area contributed by atoms with Gasteiger partial charge in [-0.2, -0.15) is 0 Å². The van der Waals surface area contributed by atoms with Crippen molar-refractivity contribution in [1.82, 2.24) is 0 Å². The van der Waals surface area contributed by atoms with Crippen LogP contribution in [0.15, 0.2) is 24.5 Å². The van der Waals surface area contributed by atoms with Crippen LogP contribution in [-0.4, -0.2) is 6.61 Å². The lowest BCUT2D eigenvalue weighted by atomic mass is 9.95. The topological polar surface area (TPSA) is 9.23 Å². The van der Waals surface area contributed by atoms with E-state index in [4.69, 9.17) is 4.74 Å². The van der Waals surface area contributed by atoms with Crippen molar-refractivity contribution in [3.05, 3.63) is 24.5 Å². The summed E-state index contributed by atoms with van der Waals surface area (Å²) in [6.07, 6.45) is 11.2. The van der Waals surface area contributed by atoms with Crippen molar-refractivity contribution in [2.75, 3.05) is 6.61 Å². The molecular weight excluding hydrogens is 148 g/mol. The summed E-state index contributed by atoms with van der Waals surface area (Å²) in [6, 6.07) is 0. The van der Waals surface area contributed by atoms with E-state index in [1.165, 1.54) is 12.8 Å². The van der Waals surface area contributed by atoms with Gasteiger partial charge in [0.25, 0.3) is 0 Å². The molecule has 0 aliphatic heterocycles. The molecule has 1 nitrogen and oxygen atoms in total. The quantitative estimate of drug-likeness (QED) is 0.460. The molecular formula is C11H16O. The summed E-state index contributed by atoms with van der Waals surface area (Å²) in [5.74, 6) is 2.48. The van der Waals surface area contributed by atoms with Gasteiger partial charge in [-0.3, -0.25) is 0 Å². The van der Waals surface area contributed by atoms with Crippen LogP contribution in [0, 0.1) is 17.8 Å². The lowest BCUT2D eigenvalue weighted by Gasteiger charge is -2.16. The number of allylic oxidation sites excluding steroid dienone is 3. The third-order valence-electron chi connectivity index (χ3n) is 2.96. The molecule has 0 aromatic heterocycles. The SMILES string of the molecule is C/C=C\OCC1CC2C=CC1C2. The third-order valence-corrected chi connectivity index (χ3v) is 2.96. The Bertz CT molecular complexity index is 205. The van der Waals surface area contributed by atoms with Crippen LogP contribution < -0.4 is 0 Å². The van der Waals surface area contributed by atoms with Crippen LogP contribution in [0.3, 0.4) is 0 Å². The largest absolute Gasteiger partial charge is 0.501 e. The molecule has 3 atom stereocenters. The first kappa shape index (κ1) is 7.90. The maximum atomic E-state index is 5.40. The summed E-state index contributed by atoms with van der Waals surface area (Å²) in [4.78, 5) is 0. The van der Waals surface area contributed by atoms with Crippen LogP contribution in [0.5, 0.6) is 0 Å². The van der Waals surface area contributed by atoms with Gasteiger partial charge in [-0.05, 0) is 37.5 Å². The molecule has 3 unspecified atom stereocenters. The Morgan fingerprint density at radius 3 is 2.92 bits per heavy atom. The summed E-state index contributed by atoms with van der Waals surface area (Å²) < 4.78 is 5.40. The second-order valence-corrected chi connectivity index (χ2v) is 3.84. The lowest BCUT2D eigenvalue weighted by Crippen LogP contribution is -2.12. The maximum absolute atomic E-state index is 5.40. The molecule has 0 spiro atoms. The van der Waals surface area contributed by atoms with E-state index in [0.717, 1.165) is 24.4 Å². The summed E-state index contributed by atoms with van der Waals surface area (Å²) in [5, 5.41) is 0. The number of fused-ring (bicyclic) bond motifs is 2. The van der Waals surface area contributed by atoms with Crippen molar-refractivity contribution in [2.24, 2.45) is 17.8 Å². The minimum atomic E-state index is 0.788. The average Bonchev–Trinajstić information content (AvgIpc) is 2.65. The highest BCUT2D eigenvalue weighted by Crippen LogP contribution is 2.43. The van der Waals surface area contributed by atoms with Crippen LogP contribution in [0.1, 0.15) is 19.8 Å². The molecule has 0 amide bonds. The first-order valence-corrected chi connectivity index (χ1v) is 4.81. The van der Waals surface area contributed by atoms with Crippen molar-refractivity contribution in [2.45, 2.75) is 19.8 Å². The van der Waals surface area contributed by atoms with Gasteiger partial charge in [-0.25, -0.2) is 0 Å². The predicted octanol–water partition coefficient (Wildman–Crippen LogP) is 2.75. The Morgan fingerprint density at radius 2 is 2.33 bits per heavy atom. The molecule has 1 heteroatoms. The van der Waals surface area contributed by atoms with E-state index < -0.39 is 0 Å². The van der Waals surface area contributed by atoms with E-state index in [1.54, 1.807) is 6.26 Å². The summed E-state index contributed by atoms with van der Waals surface area (Å²) >= 11 is 0. The van der Waals surface area contributed by atoms with Crippen LogP contribution >= 0.6 is 0 Å². The van der Waals surface area contributed by atoms with Crippen LogP contribution in [0.2, 0.25) is 0 Å². The molecule has 66 valence electrons. The van der Waals surface area contributed by atoms with Gasteiger partial charge in [0.1, 0.15) is 0 Å². The molecule has 2 aliphatic carbocycles. The van der Waals surface area contributed by atoms with Gasteiger partial charge in [0.05, 0.1) is 12.9 Å². The van der Waals surface area contributed by atoms with Crippen molar-refractivity contribution in [3.63, 3.8) is 0 Å². The first-order chi connectivity index (χ1) is 5.90. The summed E-state index contributed by atoms with van der Waals surface area (Å²) in [6.45, 7) is 2.90. The Morgan fingerprint density at radius 1 is 1.42 bits per heavy atom. The number of hydrogen-bond acceptors (Lipinski definition) is 1. The Balaban J connectivity index is 1.80. The fourth-order valence-electron chi connectivity index (χ4n) is 2.36. The van der Waals surface area contributed by atoms with Gasteiger partial charge in [-0.1, -0.05) is 18.2 Å². The highest BCUT2D eigenvalue weighted by molar-refractivity contribution is 5.10. The smallest absolute Gasteiger partial charge is 0.0907 e. The third kappa shape index (κ3) is 1.40. The molecule has 0 aromatic carbocycles. The van der Waals surface area contributed by atoms with Gasteiger partial charge in [0.15, 0.2) is 0 Å². The fraction of sp³-hybridized carbons (Fsp3) is 0.636. The Hall–Kier alpha value is -0.720. The van der Waals surface area contributed by atoms with Gasteiger partial charge in [0, 0.05) is 0 Å². The van der Waals surface area contributed by atoms with E-state index >= 15 is 0 Å². The molecule has 0 heterocycles. The van der Waals surface area contributed by atoms with Gasteiger partial charge in [0.2, 0.25) is 0 Å². The zero-order valence-electron chi connectivity index (χ0n) is 7.57. The van der Waals surface area contributed by atoms with Gasteiger partial charge < -0.3 is 4.74 Å². The lowest BCUT2D eigenvalue weighted by molar-refractivity contribution is 0.178. The highest BCUT2D eigenvalue weighted by atomic mass is 16.5. The Labute approximate surface area is 74.1 Å². The molecule has 0 N–H and O–H groups in total. The zero-order valence-corrected chi connectivity index (χ0v) is 7.57. The molecule has 0 aromatic rings. The molecule has 1 fully saturated rings. The molecule has 0 radical (unpaired) electrons. The van der Waals surface area contributed by atoms with Crippen molar-refractivity contribution in [3.8, 4) is 0 Å². The Kier molecular flexibility index (Phi) is 2.20. The molecule has 2 bridgehead atoms.